The zero-order valence-electron chi connectivity index (χ0n) is 23.4. The van der Waals surface area contributed by atoms with E-state index in [9.17, 15) is 13.2 Å². The molecule has 41 heavy (non-hydrogen) atoms. The van der Waals surface area contributed by atoms with Crippen molar-refractivity contribution < 1.29 is 13.2 Å². The van der Waals surface area contributed by atoms with Gasteiger partial charge < -0.3 is 0 Å². The number of hydrogen-bond donors (Lipinski definition) is 0. The van der Waals surface area contributed by atoms with E-state index < -0.39 is 10.0 Å². The summed E-state index contributed by atoms with van der Waals surface area (Å²) in [4.78, 5) is 16.1. The molecule has 0 radical (unpaired) electrons. The van der Waals surface area contributed by atoms with Crippen LogP contribution in [-0.2, 0) is 14.8 Å². The van der Waals surface area contributed by atoms with E-state index in [1.165, 1.54) is 9.69 Å². The molecule has 6 rings (SSSR count). The summed E-state index contributed by atoms with van der Waals surface area (Å²) < 4.78 is 28.0. The highest BCUT2D eigenvalue weighted by Crippen LogP contribution is 2.33. The summed E-state index contributed by atoms with van der Waals surface area (Å²) in [6, 6.07) is 29.7. The third kappa shape index (κ3) is 5.55. The smallest absolute Gasteiger partial charge is 0.257 e. The molecule has 0 saturated carbocycles. The van der Waals surface area contributed by atoms with Crippen LogP contribution in [-0.4, -0.2) is 67.0 Å². The minimum absolute atomic E-state index is 0.0832. The monoisotopic (exact) mass is 566 g/mol. The highest BCUT2D eigenvalue weighted by Gasteiger charge is 2.35. The number of hydrogen-bond acceptors (Lipinski definition) is 5. The number of carbonyl (C=O) groups is 1. The lowest BCUT2D eigenvalue weighted by molar-refractivity contribution is -0.134. The fourth-order valence-electron chi connectivity index (χ4n) is 5.63. The molecule has 4 aromatic rings. The maximum absolute atomic E-state index is 13.7. The van der Waals surface area contributed by atoms with Gasteiger partial charge in [-0.3, -0.25) is 9.69 Å². The molecule has 0 spiro atoms. The van der Waals surface area contributed by atoms with Crippen LogP contribution in [0.25, 0.3) is 10.8 Å². The van der Waals surface area contributed by atoms with Crippen molar-refractivity contribution in [1.82, 2.24) is 14.2 Å². The van der Waals surface area contributed by atoms with E-state index in [0.29, 0.717) is 37.5 Å². The van der Waals surface area contributed by atoms with Crippen molar-refractivity contribution in [3.63, 3.8) is 0 Å². The molecule has 0 aliphatic carbocycles. The third-order valence-corrected chi connectivity index (χ3v) is 10.1. The quantitative estimate of drug-likeness (QED) is 0.324. The first-order valence-electron chi connectivity index (χ1n) is 14.0. The molecule has 7 nitrogen and oxygen atoms in total. The zero-order valence-corrected chi connectivity index (χ0v) is 24.2. The van der Waals surface area contributed by atoms with Gasteiger partial charge in [0, 0.05) is 32.6 Å². The summed E-state index contributed by atoms with van der Waals surface area (Å²) in [6.45, 7) is 5.75. The number of hydrazone groups is 1. The van der Waals surface area contributed by atoms with Crippen molar-refractivity contribution in [2.75, 3.05) is 32.7 Å². The van der Waals surface area contributed by atoms with Crippen LogP contribution in [0.3, 0.4) is 0 Å². The highest BCUT2D eigenvalue weighted by molar-refractivity contribution is 7.89. The molecular formula is C33H34N4O3S. The Morgan fingerprint density at radius 3 is 2.24 bits per heavy atom. The topological polar surface area (TPSA) is 73.3 Å². The van der Waals surface area contributed by atoms with Gasteiger partial charge >= 0.3 is 0 Å². The van der Waals surface area contributed by atoms with Crippen molar-refractivity contribution in [3.8, 4) is 0 Å². The van der Waals surface area contributed by atoms with Gasteiger partial charge in [0.15, 0.2) is 0 Å². The van der Waals surface area contributed by atoms with Crippen molar-refractivity contribution >= 4 is 32.4 Å². The number of fused-ring (bicyclic) bond motifs is 1. The van der Waals surface area contributed by atoms with E-state index in [4.69, 9.17) is 5.10 Å². The van der Waals surface area contributed by atoms with Gasteiger partial charge in [-0.15, -0.1) is 0 Å². The Bertz CT molecular complexity index is 1730. The van der Waals surface area contributed by atoms with Crippen LogP contribution in [0.4, 0.5) is 0 Å². The van der Waals surface area contributed by atoms with E-state index in [-0.39, 0.29) is 18.5 Å². The van der Waals surface area contributed by atoms with Gasteiger partial charge in [-0.1, -0.05) is 72.8 Å². The minimum atomic E-state index is -3.58. The average molecular weight is 567 g/mol. The number of amides is 1. The minimum Gasteiger partial charge on any atom is -0.292 e. The summed E-state index contributed by atoms with van der Waals surface area (Å²) in [5, 5.41) is 8.81. The van der Waals surface area contributed by atoms with Crippen LogP contribution in [0.1, 0.15) is 34.7 Å². The van der Waals surface area contributed by atoms with Gasteiger partial charge in [0.1, 0.15) is 0 Å². The predicted octanol–water partition coefficient (Wildman–Crippen LogP) is 5.14. The number of aryl methyl sites for hydroxylation is 2. The molecule has 4 aromatic carbocycles. The van der Waals surface area contributed by atoms with E-state index in [2.05, 4.69) is 30.3 Å². The Morgan fingerprint density at radius 1 is 0.805 bits per heavy atom. The van der Waals surface area contributed by atoms with Crippen molar-refractivity contribution in [2.24, 2.45) is 5.10 Å². The molecule has 0 N–H and O–H groups in total. The number of nitrogens with zero attached hydrogens (tertiary/aromatic N) is 4. The summed E-state index contributed by atoms with van der Waals surface area (Å²) in [6.07, 6.45) is 0.635. The summed E-state index contributed by atoms with van der Waals surface area (Å²) in [5.41, 5.74) is 4.98. The second-order valence-corrected chi connectivity index (χ2v) is 12.8. The molecule has 2 heterocycles. The van der Waals surface area contributed by atoms with Crippen molar-refractivity contribution in [3.05, 3.63) is 113 Å². The van der Waals surface area contributed by atoms with Gasteiger partial charge in [0.05, 0.1) is 23.2 Å². The highest BCUT2D eigenvalue weighted by atomic mass is 32.2. The Kier molecular flexibility index (Phi) is 7.46. The molecule has 8 heteroatoms. The van der Waals surface area contributed by atoms with Crippen LogP contribution in [0.2, 0.25) is 0 Å². The number of carbonyl (C=O) groups excluding carboxylic acids is 1. The Balaban J connectivity index is 1.18. The van der Waals surface area contributed by atoms with E-state index in [1.54, 1.807) is 17.1 Å². The molecule has 1 fully saturated rings. The maximum Gasteiger partial charge on any atom is 0.257 e. The van der Waals surface area contributed by atoms with Gasteiger partial charge in [0.2, 0.25) is 10.0 Å². The fraction of sp³-hybridized carbons (Fsp3) is 0.273. The average Bonchev–Trinajstić information content (AvgIpc) is 3.45. The van der Waals surface area contributed by atoms with Crippen LogP contribution in [0, 0.1) is 13.8 Å². The number of rotatable bonds is 6. The lowest BCUT2D eigenvalue weighted by atomic mass is 9.97. The molecule has 0 bridgehead atoms. The van der Waals surface area contributed by atoms with Crippen molar-refractivity contribution in [1.29, 1.82) is 0 Å². The lowest BCUT2D eigenvalue weighted by Gasteiger charge is -2.34. The molecule has 1 amide bonds. The SMILES string of the molecule is Cc1ccc(S(=O)(=O)N2CCN(CC(=O)N3N=C(c4ccc5ccccc5c4)C[C@@H]3c3ccccc3)CC2)cc1C. The first-order chi connectivity index (χ1) is 19.8. The van der Waals surface area contributed by atoms with Crippen LogP contribution < -0.4 is 0 Å². The molecule has 2 aliphatic heterocycles. The number of sulfonamides is 1. The van der Waals surface area contributed by atoms with Gasteiger partial charge in [0.25, 0.3) is 5.91 Å². The predicted molar refractivity (Wildman–Crippen MR) is 162 cm³/mol. The Hall–Kier alpha value is -3.85. The lowest BCUT2D eigenvalue weighted by Crippen LogP contribution is -2.51. The maximum atomic E-state index is 13.7. The largest absolute Gasteiger partial charge is 0.292 e. The zero-order chi connectivity index (χ0) is 28.6. The van der Waals surface area contributed by atoms with Crippen LogP contribution in [0.15, 0.2) is 101 Å². The Labute approximate surface area is 241 Å². The standard InChI is InChI=1S/C33H34N4O3S/c1-24-12-15-30(20-25(24)2)41(39,40)36-18-16-35(17-19-36)23-33(38)37-32(27-9-4-3-5-10-27)22-31(34-37)29-14-13-26-8-6-7-11-28(26)21-29/h3-15,20-21,32H,16-19,22-23H2,1-2H3/t32-/m1/s1. The first kappa shape index (κ1) is 27.3. The molecule has 1 saturated heterocycles. The first-order valence-corrected chi connectivity index (χ1v) is 15.5. The molecular weight excluding hydrogens is 532 g/mol. The van der Waals surface area contributed by atoms with Crippen LogP contribution in [0.5, 0.6) is 0 Å². The van der Waals surface area contributed by atoms with Gasteiger partial charge in [-0.05, 0) is 65.1 Å². The summed E-state index contributed by atoms with van der Waals surface area (Å²) in [7, 11) is -3.58. The Morgan fingerprint density at radius 2 is 1.51 bits per heavy atom. The van der Waals surface area contributed by atoms with Gasteiger partial charge in [-0.2, -0.15) is 9.41 Å². The van der Waals surface area contributed by atoms with E-state index in [0.717, 1.165) is 33.4 Å². The van der Waals surface area contributed by atoms with Crippen LogP contribution >= 0.6 is 0 Å². The third-order valence-electron chi connectivity index (χ3n) is 8.24. The van der Waals surface area contributed by atoms with Crippen molar-refractivity contribution in [2.45, 2.75) is 31.2 Å². The molecule has 0 aromatic heterocycles. The molecule has 1 atom stereocenters. The van der Waals surface area contributed by atoms with E-state index in [1.807, 2.05) is 67.3 Å². The summed E-state index contributed by atoms with van der Waals surface area (Å²) >= 11 is 0. The summed E-state index contributed by atoms with van der Waals surface area (Å²) in [5.74, 6) is -0.0832. The van der Waals surface area contributed by atoms with Gasteiger partial charge in [-0.25, -0.2) is 13.4 Å². The normalized spacial score (nSPS) is 18.5. The number of piperazine rings is 1. The fourth-order valence-corrected chi connectivity index (χ4v) is 7.14. The second kappa shape index (κ2) is 11.2. The molecule has 0 unspecified atom stereocenters. The molecule has 2 aliphatic rings. The van der Waals surface area contributed by atoms with E-state index >= 15 is 0 Å². The molecule has 210 valence electrons. The second-order valence-electron chi connectivity index (χ2n) is 10.9. The number of benzene rings is 4.